The van der Waals surface area contributed by atoms with Crippen LogP contribution >= 0.6 is 0 Å². The second-order valence-electron chi connectivity index (χ2n) is 4.44. The van der Waals surface area contributed by atoms with Gasteiger partial charge < -0.3 is 0 Å². The van der Waals surface area contributed by atoms with Crippen molar-refractivity contribution in [2.24, 2.45) is 0 Å². The molecule has 0 saturated heterocycles. The third-order valence-electron chi connectivity index (χ3n) is 3.30. The first kappa shape index (κ1) is 13.2. The van der Waals surface area contributed by atoms with Crippen LogP contribution in [0.25, 0.3) is 0 Å². The second kappa shape index (κ2) is 5.16. The van der Waals surface area contributed by atoms with E-state index in [4.69, 9.17) is 0 Å². The van der Waals surface area contributed by atoms with E-state index < -0.39 is 10.0 Å². The Morgan fingerprint density at radius 2 is 1.94 bits per heavy atom. The summed E-state index contributed by atoms with van der Waals surface area (Å²) in [5, 5.41) is 0. The van der Waals surface area contributed by atoms with Crippen molar-refractivity contribution < 1.29 is 13.2 Å². The van der Waals surface area contributed by atoms with Crippen molar-refractivity contribution >= 4 is 15.8 Å². The van der Waals surface area contributed by atoms with Gasteiger partial charge in [0.15, 0.2) is 0 Å². The number of Topliss-reactive ketones (excluding diaryl/α,β-unsaturated/α-hetero) is 1. The number of pyridine rings is 1. The number of sulfonamides is 1. The van der Waals surface area contributed by atoms with Gasteiger partial charge in [-0.25, -0.2) is 13.1 Å². The third-order valence-corrected chi connectivity index (χ3v) is 4.70. The molecule has 1 aliphatic rings. The molecule has 1 aliphatic carbocycles. The van der Waals surface area contributed by atoms with E-state index in [1.807, 2.05) is 0 Å². The molecule has 0 aromatic carbocycles. The maximum absolute atomic E-state index is 11.5. The number of aromatic nitrogens is 1. The molecule has 0 unspecified atom stereocenters. The van der Waals surface area contributed by atoms with Crippen LogP contribution in [-0.4, -0.2) is 26.2 Å². The molecule has 2 rings (SSSR count). The molecule has 1 aromatic heterocycles. The fourth-order valence-electron chi connectivity index (χ4n) is 2.15. The van der Waals surface area contributed by atoms with E-state index in [0.29, 0.717) is 18.6 Å². The number of nitrogens with zero attached hydrogens (tertiary/aromatic N) is 1. The van der Waals surface area contributed by atoms with Crippen LogP contribution in [0.2, 0.25) is 0 Å². The zero-order valence-electron chi connectivity index (χ0n) is 10.2. The Bertz CT molecular complexity index is 527. The Labute approximate surface area is 107 Å². The minimum atomic E-state index is -3.42. The van der Waals surface area contributed by atoms with Crippen LogP contribution in [0.3, 0.4) is 0 Å². The van der Waals surface area contributed by atoms with E-state index in [9.17, 15) is 13.2 Å². The molecule has 18 heavy (non-hydrogen) atoms. The lowest BCUT2D eigenvalue weighted by Crippen LogP contribution is -2.19. The summed E-state index contributed by atoms with van der Waals surface area (Å²) >= 11 is 0. The molecule has 1 saturated carbocycles. The van der Waals surface area contributed by atoms with E-state index >= 15 is 0 Å². The van der Waals surface area contributed by atoms with E-state index in [-0.39, 0.29) is 10.8 Å². The lowest BCUT2D eigenvalue weighted by atomic mass is 9.86. The fraction of sp³-hybridized carbons (Fsp3) is 0.500. The van der Waals surface area contributed by atoms with Crippen LogP contribution in [0.5, 0.6) is 0 Å². The van der Waals surface area contributed by atoms with Crippen molar-refractivity contribution in [2.45, 2.75) is 36.5 Å². The molecule has 98 valence electrons. The Balaban J connectivity index is 2.15. The number of carbonyl (C=O) groups excluding carboxylic acids is 1. The number of hydrogen-bond acceptors (Lipinski definition) is 4. The monoisotopic (exact) mass is 268 g/mol. The van der Waals surface area contributed by atoms with E-state index in [1.54, 1.807) is 12.1 Å². The summed E-state index contributed by atoms with van der Waals surface area (Å²) < 4.78 is 25.3. The van der Waals surface area contributed by atoms with Crippen molar-refractivity contribution in [3.8, 4) is 0 Å². The van der Waals surface area contributed by atoms with Crippen molar-refractivity contribution in [3.63, 3.8) is 0 Å². The Hall–Kier alpha value is -1.27. The number of carbonyl (C=O) groups is 1. The average molecular weight is 268 g/mol. The highest BCUT2D eigenvalue weighted by atomic mass is 32.2. The average Bonchev–Trinajstić information content (AvgIpc) is 2.40. The van der Waals surface area contributed by atoms with Crippen molar-refractivity contribution in [2.75, 3.05) is 7.05 Å². The Kier molecular flexibility index (Phi) is 3.77. The van der Waals surface area contributed by atoms with Crippen LogP contribution in [0.4, 0.5) is 0 Å². The maximum atomic E-state index is 11.5. The van der Waals surface area contributed by atoms with Gasteiger partial charge in [0.05, 0.1) is 0 Å². The van der Waals surface area contributed by atoms with Gasteiger partial charge in [-0.2, -0.15) is 0 Å². The fourth-order valence-corrected chi connectivity index (χ4v) is 2.82. The molecule has 6 heteroatoms. The quantitative estimate of drug-likeness (QED) is 0.894. The summed E-state index contributed by atoms with van der Waals surface area (Å²) in [6.07, 6.45) is 4.19. The predicted octanol–water partition coefficient (Wildman–Crippen LogP) is 1.22. The summed E-state index contributed by atoms with van der Waals surface area (Å²) in [4.78, 5) is 15.5. The van der Waals surface area contributed by atoms with Crippen molar-refractivity contribution in [3.05, 3.63) is 24.0 Å². The highest BCUT2D eigenvalue weighted by Crippen LogP contribution is 2.30. The van der Waals surface area contributed by atoms with E-state index in [0.717, 1.165) is 18.5 Å². The summed E-state index contributed by atoms with van der Waals surface area (Å²) in [5.74, 6) is 0.578. The highest BCUT2D eigenvalue weighted by Gasteiger charge is 2.21. The van der Waals surface area contributed by atoms with Crippen molar-refractivity contribution in [1.29, 1.82) is 0 Å². The van der Waals surface area contributed by atoms with E-state index in [2.05, 4.69) is 9.71 Å². The molecule has 0 atom stereocenters. The number of hydrogen-bond donors (Lipinski definition) is 1. The van der Waals surface area contributed by atoms with E-state index in [1.165, 1.54) is 13.2 Å². The smallest absolute Gasteiger partial charge is 0.241 e. The van der Waals surface area contributed by atoms with Gasteiger partial charge in [0.2, 0.25) is 10.0 Å². The normalized spacial score (nSPS) is 17.9. The number of nitrogens with one attached hydrogen (secondary N) is 1. The van der Waals surface area contributed by atoms with Crippen LogP contribution in [0.1, 0.15) is 37.3 Å². The third kappa shape index (κ3) is 2.76. The molecule has 0 amide bonds. The van der Waals surface area contributed by atoms with Crippen LogP contribution in [0.15, 0.2) is 23.2 Å². The molecule has 0 aliphatic heterocycles. The van der Waals surface area contributed by atoms with Gasteiger partial charge in [0.1, 0.15) is 10.7 Å². The molecule has 1 heterocycles. The zero-order chi connectivity index (χ0) is 13.2. The molecule has 0 radical (unpaired) electrons. The minimum absolute atomic E-state index is 0.167. The van der Waals surface area contributed by atoms with Gasteiger partial charge in [0.25, 0.3) is 0 Å². The molecule has 1 aromatic rings. The SMILES string of the molecule is CNS(=O)(=O)c1ccc(C2CCC(=O)CC2)nc1. The molecular weight excluding hydrogens is 252 g/mol. The van der Waals surface area contributed by atoms with Crippen LogP contribution in [-0.2, 0) is 14.8 Å². The number of ketones is 1. The Morgan fingerprint density at radius 1 is 1.28 bits per heavy atom. The molecule has 5 nitrogen and oxygen atoms in total. The van der Waals surface area contributed by atoms with Gasteiger partial charge in [0, 0.05) is 30.7 Å². The summed E-state index contributed by atoms with van der Waals surface area (Å²) in [5.41, 5.74) is 0.873. The minimum Gasteiger partial charge on any atom is -0.300 e. The maximum Gasteiger partial charge on any atom is 0.241 e. The largest absolute Gasteiger partial charge is 0.300 e. The first-order chi connectivity index (χ1) is 8.53. The van der Waals surface area contributed by atoms with Gasteiger partial charge >= 0.3 is 0 Å². The highest BCUT2D eigenvalue weighted by molar-refractivity contribution is 7.89. The zero-order valence-corrected chi connectivity index (χ0v) is 11.0. The van der Waals surface area contributed by atoms with Crippen LogP contribution in [0, 0.1) is 0 Å². The molecule has 1 fully saturated rings. The molecule has 0 bridgehead atoms. The van der Waals surface area contributed by atoms with Gasteiger partial charge in [-0.1, -0.05) is 0 Å². The topological polar surface area (TPSA) is 76.1 Å². The summed E-state index contributed by atoms with van der Waals surface area (Å²) in [7, 11) is -2.05. The first-order valence-corrected chi connectivity index (χ1v) is 7.42. The molecule has 0 spiro atoms. The second-order valence-corrected chi connectivity index (χ2v) is 6.33. The lowest BCUT2D eigenvalue weighted by molar-refractivity contribution is -0.120. The molecular formula is C12H16N2O3S. The Morgan fingerprint density at radius 3 is 2.44 bits per heavy atom. The van der Waals surface area contributed by atoms with Gasteiger partial charge in [-0.3, -0.25) is 9.78 Å². The molecule has 1 N–H and O–H groups in total. The lowest BCUT2D eigenvalue weighted by Gasteiger charge is -2.20. The number of rotatable bonds is 3. The summed E-state index contributed by atoms with van der Waals surface area (Å²) in [6, 6.07) is 3.30. The first-order valence-electron chi connectivity index (χ1n) is 5.94. The predicted molar refractivity (Wildman–Crippen MR) is 66.7 cm³/mol. The standard InChI is InChI=1S/C12H16N2O3S/c1-13-18(16,17)11-6-7-12(14-8-11)9-2-4-10(15)5-3-9/h6-9,13H,2-5H2,1H3. The van der Waals surface area contributed by atoms with Gasteiger partial charge in [-0.05, 0) is 32.0 Å². The summed E-state index contributed by atoms with van der Waals surface area (Å²) in [6.45, 7) is 0. The van der Waals surface area contributed by atoms with Crippen molar-refractivity contribution in [1.82, 2.24) is 9.71 Å². The van der Waals surface area contributed by atoms with Crippen LogP contribution < -0.4 is 4.72 Å². The van der Waals surface area contributed by atoms with Gasteiger partial charge in [-0.15, -0.1) is 0 Å².